The van der Waals surface area contributed by atoms with Gasteiger partial charge in [0.25, 0.3) is 0 Å². The van der Waals surface area contributed by atoms with Crippen molar-refractivity contribution in [3.05, 3.63) is 41.7 Å². The van der Waals surface area contributed by atoms with Crippen molar-refractivity contribution in [2.75, 3.05) is 57.4 Å². The minimum absolute atomic E-state index is 0.104. The lowest BCUT2D eigenvalue weighted by Gasteiger charge is -2.31. The second kappa shape index (κ2) is 10.1. The number of nitrogens with zero attached hydrogens (tertiary/aromatic N) is 4. The van der Waals surface area contributed by atoms with Crippen LogP contribution in [0.1, 0.15) is 24.2 Å². The van der Waals surface area contributed by atoms with Gasteiger partial charge in [0.15, 0.2) is 0 Å². The molecule has 0 spiro atoms. The molecule has 0 aliphatic carbocycles. The van der Waals surface area contributed by atoms with Crippen molar-refractivity contribution in [3.8, 4) is 0 Å². The van der Waals surface area contributed by atoms with E-state index in [9.17, 15) is 4.79 Å². The Morgan fingerprint density at radius 3 is 2.66 bits per heavy atom. The summed E-state index contributed by atoms with van der Waals surface area (Å²) in [5.41, 5.74) is 1.23. The maximum atomic E-state index is 12.5. The third-order valence-corrected chi connectivity index (χ3v) is 6.44. The molecule has 2 fully saturated rings. The molecule has 1 aromatic heterocycles. The number of hydrogen-bond donors (Lipinski definition) is 1. The summed E-state index contributed by atoms with van der Waals surface area (Å²) in [5.74, 6) is 1.17. The van der Waals surface area contributed by atoms with Crippen LogP contribution >= 0.6 is 11.5 Å². The molecule has 0 radical (unpaired) electrons. The highest BCUT2D eigenvalue weighted by atomic mass is 32.1. The van der Waals surface area contributed by atoms with E-state index < -0.39 is 0 Å². The number of carbonyl (C=O) groups is 1. The van der Waals surface area contributed by atoms with E-state index >= 15 is 0 Å². The van der Waals surface area contributed by atoms with Crippen molar-refractivity contribution in [2.24, 2.45) is 5.92 Å². The predicted molar refractivity (Wildman–Crippen MR) is 114 cm³/mol. The molecule has 0 saturated carbocycles. The Kier molecular flexibility index (Phi) is 7.08. The average Bonchev–Trinajstić information content (AvgIpc) is 3.24. The van der Waals surface area contributed by atoms with E-state index in [-0.39, 0.29) is 11.8 Å². The zero-order valence-corrected chi connectivity index (χ0v) is 17.6. The van der Waals surface area contributed by atoms with Crippen molar-refractivity contribution in [2.45, 2.75) is 19.3 Å². The quantitative estimate of drug-likeness (QED) is 0.744. The van der Waals surface area contributed by atoms with E-state index in [0.717, 1.165) is 82.7 Å². The second-order valence-corrected chi connectivity index (χ2v) is 8.39. The minimum Gasteiger partial charge on any atom is -0.379 e. The molecular weight excluding hydrogens is 386 g/mol. The number of aromatic nitrogens is 2. The highest BCUT2D eigenvalue weighted by molar-refractivity contribution is 7.09. The molecule has 2 aromatic rings. The lowest BCUT2D eigenvalue weighted by atomic mass is 9.96. The molecule has 0 bridgehead atoms. The van der Waals surface area contributed by atoms with Gasteiger partial charge in [-0.2, -0.15) is 4.37 Å². The number of carbonyl (C=O) groups excluding carboxylic acids is 1. The lowest BCUT2D eigenvalue weighted by Crippen LogP contribution is -2.44. The molecule has 0 unspecified atom stereocenters. The van der Waals surface area contributed by atoms with Crippen LogP contribution in [0.5, 0.6) is 0 Å². The molecule has 2 aliphatic heterocycles. The van der Waals surface area contributed by atoms with Gasteiger partial charge in [0.1, 0.15) is 5.82 Å². The number of morpholine rings is 1. The van der Waals surface area contributed by atoms with E-state index in [0.29, 0.717) is 0 Å². The number of anilines is 1. The fourth-order valence-electron chi connectivity index (χ4n) is 3.86. The largest absolute Gasteiger partial charge is 0.379 e. The van der Waals surface area contributed by atoms with Crippen molar-refractivity contribution < 1.29 is 9.53 Å². The molecule has 8 heteroatoms. The van der Waals surface area contributed by atoms with Crippen molar-refractivity contribution >= 4 is 22.6 Å². The summed E-state index contributed by atoms with van der Waals surface area (Å²) < 4.78 is 9.88. The van der Waals surface area contributed by atoms with Gasteiger partial charge in [-0.1, -0.05) is 30.3 Å². The fourth-order valence-corrected chi connectivity index (χ4v) is 4.60. The Labute approximate surface area is 176 Å². The third-order valence-electron chi connectivity index (χ3n) is 5.63. The topological polar surface area (TPSA) is 70.6 Å². The summed E-state index contributed by atoms with van der Waals surface area (Å²) in [5, 5.41) is 4.09. The highest BCUT2D eigenvalue weighted by Gasteiger charge is 2.26. The first-order valence-corrected chi connectivity index (χ1v) is 11.2. The van der Waals surface area contributed by atoms with Crippen LogP contribution in [-0.4, -0.2) is 72.6 Å². The van der Waals surface area contributed by atoms with Crippen molar-refractivity contribution in [1.82, 2.24) is 19.6 Å². The molecule has 2 aliphatic rings. The Morgan fingerprint density at radius 1 is 1.14 bits per heavy atom. The second-order valence-electron chi connectivity index (χ2n) is 7.66. The van der Waals surface area contributed by atoms with Crippen molar-refractivity contribution in [3.63, 3.8) is 0 Å². The standard InChI is InChI=1S/C21H29N5O2S/c27-20(22-8-11-25-12-14-28-15-13-25)18-6-9-26(10-7-18)21-23-19(24-29-21)16-17-4-2-1-3-5-17/h1-5,18H,6-16H2,(H,22,27). The van der Waals surface area contributed by atoms with Crippen molar-refractivity contribution in [1.29, 1.82) is 0 Å². The lowest BCUT2D eigenvalue weighted by molar-refractivity contribution is -0.125. The van der Waals surface area contributed by atoms with Gasteiger partial charge in [-0.25, -0.2) is 4.98 Å². The van der Waals surface area contributed by atoms with Crippen LogP contribution in [0.4, 0.5) is 5.13 Å². The normalized spacial score (nSPS) is 18.7. The number of ether oxygens (including phenoxy) is 1. The molecule has 29 heavy (non-hydrogen) atoms. The maximum absolute atomic E-state index is 12.5. The molecule has 1 aromatic carbocycles. The Balaban J connectivity index is 1.19. The van der Waals surface area contributed by atoms with Gasteiger partial charge in [0.2, 0.25) is 11.0 Å². The van der Waals surface area contributed by atoms with E-state index in [1.807, 2.05) is 18.2 Å². The Morgan fingerprint density at radius 2 is 1.90 bits per heavy atom. The van der Waals surface area contributed by atoms with Crippen LogP contribution in [0, 0.1) is 5.92 Å². The predicted octanol–water partition coefficient (Wildman–Crippen LogP) is 1.79. The van der Waals surface area contributed by atoms with E-state index in [4.69, 9.17) is 9.72 Å². The first-order chi connectivity index (χ1) is 14.3. The molecule has 156 valence electrons. The molecule has 2 saturated heterocycles. The number of hydrogen-bond acceptors (Lipinski definition) is 7. The molecule has 1 N–H and O–H groups in total. The van der Waals surface area contributed by atoms with Crippen LogP contribution in [0.3, 0.4) is 0 Å². The van der Waals surface area contributed by atoms with Gasteiger partial charge < -0.3 is 15.0 Å². The summed E-state index contributed by atoms with van der Waals surface area (Å²) >= 11 is 1.46. The summed E-state index contributed by atoms with van der Waals surface area (Å²) in [7, 11) is 0. The zero-order valence-electron chi connectivity index (χ0n) is 16.8. The summed E-state index contributed by atoms with van der Waals surface area (Å²) in [6, 6.07) is 10.3. The number of piperidine rings is 1. The summed E-state index contributed by atoms with van der Waals surface area (Å²) in [4.78, 5) is 21.8. The molecule has 4 rings (SSSR count). The SMILES string of the molecule is O=C(NCCN1CCOCC1)C1CCN(c2nc(Cc3ccccc3)ns2)CC1. The van der Waals surface area contributed by atoms with Crippen LogP contribution < -0.4 is 10.2 Å². The number of amides is 1. The molecular formula is C21H29N5O2S. The van der Waals surface area contributed by atoms with Crippen LogP contribution in [0.15, 0.2) is 30.3 Å². The monoisotopic (exact) mass is 415 g/mol. The molecule has 1 amide bonds. The van der Waals surface area contributed by atoms with Crippen LogP contribution in [0.25, 0.3) is 0 Å². The first kappa shape index (κ1) is 20.3. The van der Waals surface area contributed by atoms with Crippen LogP contribution in [-0.2, 0) is 16.0 Å². The van der Waals surface area contributed by atoms with E-state index in [2.05, 4.69) is 31.6 Å². The minimum atomic E-state index is 0.104. The van der Waals surface area contributed by atoms with E-state index in [1.165, 1.54) is 17.1 Å². The Hall–Kier alpha value is -2.03. The Bertz CT molecular complexity index is 770. The molecule has 0 atom stereocenters. The fraction of sp³-hybridized carbons (Fsp3) is 0.571. The van der Waals surface area contributed by atoms with Crippen LogP contribution in [0.2, 0.25) is 0 Å². The van der Waals surface area contributed by atoms with Gasteiger partial charge in [0, 0.05) is 63.1 Å². The van der Waals surface area contributed by atoms with E-state index in [1.54, 1.807) is 0 Å². The summed E-state index contributed by atoms with van der Waals surface area (Å²) in [6.45, 7) is 6.87. The van der Waals surface area contributed by atoms with Gasteiger partial charge in [-0.05, 0) is 18.4 Å². The van der Waals surface area contributed by atoms with Gasteiger partial charge in [-0.3, -0.25) is 9.69 Å². The number of rotatable bonds is 7. The smallest absolute Gasteiger partial charge is 0.223 e. The highest BCUT2D eigenvalue weighted by Crippen LogP contribution is 2.25. The maximum Gasteiger partial charge on any atom is 0.223 e. The third kappa shape index (κ3) is 5.74. The van der Waals surface area contributed by atoms with Gasteiger partial charge >= 0.3 is 0 Å². The zero-order chi connectivity index (χ0) is 19.9. The summed E-state index contributed by atoms with van der Waals surface area (Å²) in [6.07, 6.45) is 2.51. The van der Waals surface area contributed by atoms with Gasteiger partial charge in [-0.15, -0.1) is 0 Å². The first-order valence-electron chi connectivity index (χ1n) is 10.5. The number of nitrogens with one attached hydrogen (secondary N) is 1. The van der Waals surface area contributed by atoms with Gasteiger partial charge in [0.05, 0.1) is 13.2 Å². The molecule has 3 heterocycles. The average molecular weight is 416 g/mol. The molecule has 7 nitrogen and oxygen atoms in total. The number of benzene rings is 1.